The molecule has 2 aromatic rings. The van der Waals surface area contributed by atoms with Crippen molar-refractivity contribution in [3.05, 3.63) is 46.2 Å². The molecule has 2 rings (SSSR count). The van der Waals surface area contributed by atoms with Crippen LogP contribution in [0.2, 0.25) is 0 Å². The van der Waals surface area contributed by atoms with Gasteiger partial charge < -0.3 is 9.64 Å². The van der Waals surface area contributed by atoms with Crippen LogP contribution in [0.25, 0.3) is 0 Å². The van der Waals surface area contributed by atoms with Crippen molar-refractivity contribution in [1.82, 2.24) is 9.62 Å². The molecule has 0 aliphatic carbocycles. The van der Waals surface area contributed by atoms with E-state index in [1.807, 2.05) is 42.7 Å². The molecule has 0 saturated heterocycles. The quantitative estimate of drug-likeness (QED) is 0.830. The molecule has 0 bridgehead atoms. The highest BCUT2D eigenvalue weighted by molar-refractivity contribution is 7.89. The smallest absolute Gasteiger partial charge is 0.240 e. The number of ether oxygens (including phenoxy) is 1. The summed E-state index contributed by atoms with van der Waals surface area (Å²) in [7, 11) is 1.89. The minimum Gasteiger partial charge on any atom is -0.496 e. The Kier molecular flexibility index (Phi) is 5.80. The van der Waals surface area contributed by atoms with Crippen molar-refractivity contribution in [2.75, 3.05) is 27.7 Å². The number of methoxy groups -OCH3 is 1. The SMILES string of the molecule is COc1ccc(S(=O)(=O)NCC(c2ccsc2)N(C)C)cc1C. The van der Waals surface area contributed by atoms with Crippen molar-refractivity contribution in [2.45, 2.75) is 17.9 Å². The summed E-state index contributed by atoms with van der Waals surface area (Å²) in [6, 6.07) is 6.86. The first-order chi connectivity index (χ1) is 10.8. The second-order valence-corrected chi connectivity index (χ2v) is 8.07. The van der Waals surface area contributed by atoms with Crippen molar-refractivity contribution >= 4 is 21.4 Å². The first kappa shape index (κ1) is 17.9. The Balaban J connectivity index is 2.16. The molecule has 23 heavy (non-hydrogen) atoms. The summed E-state index contributed by atoms with van der Waals surface area (Å²) in [4.78, 5) is 2.25. The normalized spacial score (nSPS) is 13.3. The second kappa shape index (κ2) is 7.44. The molecule has 0 aliphatic heterocycles. The first-order valence-electron chi connectivity index (χ1n) is 7.18. The highest BCUT2D eigenvalue weighted by atomic mass is 32.2. The largest absolute Gasteiger partial charge is 0.496 e. The summed E-state index contributed by atoms with van der Waals surface area (Å²) in [5.74, 6) is 0.674. The number of sulfonamides is 1. The number of thiophene rings is 1. The Hall–Kier alpha value is -1.41. The fourth-order valence-corrected chi connectivity index (χ4v) is 4.18. The van der Waals surface area contributed by atoms with E-state index in [1.54, 1.807) is 36.6 Å². The van der Waals surface area contributed by atoms with Gasteiger partial charge in [-0.15, -0.1) is 0 Å². The second-order valence-electron chi connectivity index (χ2n) is 5.52. The van der Waals surface area contributed by atoms with E-state index in [2.05, 4.69) is 4.72 Å². The van der Waals surface area contributed by atoms with Gasteiger partial charge >= 0.3 is 0 Å². The Morgan fingerprint density at radius 3 is 2.57 bits per heavy atom. The highest BCUT2D eigenvalue weighted by Gasteiger charge is 2.20. The number of aryl methyl sites for hydroxylation is 1. The molecule has 0 aliphatic rings. The number of hydrogen-bond acceptors (Lipinski definition) is 5. The molecule has 1 atom stereocenters. The van der Waals surface area contributed by atoms with Gasteiger partial charge in [-0.2, -0.15) is 11.3 Å². The van der Waals surface area contributed by atoms with Gasteiger partial charge in [-0.3, -0.25) is 0 Å². The lowest BCUT2D eigenvalue weighted by molar-refractivity contribution is 0.300. The molecule has 1 N–H and O–H groups in total. The van der Waals surface area contributed by atoms with E-state index in [1.165, 1.54) is 0 Å². The van der Waals surface area contributed by atoms with Gasteiger partial charge in [0.25, 0.3) is 0 Å². The Bertz CT molecular complexity index is 741. The van der Waals surface area contributed by atoms with Crippen molar-refractivity contribution in [3.8, 4) is 5.75 Å². The van der Waals surface area contributed by atoms with Crippen LogP contribution in [0.3, 0.4) is 0 Å². The zero-order valence-corrected chi connectivity index (χ0v) is 15.4. The number of likely N-dealkylation sites (N-methyl/N-ethyl adjacent to an activating group) is 1. The fraction of sp³-hybridized carbons (Fsp3) is 0.375. The number of nitrogens with zero attached hydrogens (tertiary/aromatic N) is 1. The lowest BCUT2D eigenvalue weighted by atomic mass is 10.1. The van der Waals surface area contributed by atoms with Crippen LogP contribution in [0.5, 0.6) is 5.75 Å². The maximum Gasteiger partial charge on any atom is 0.240 e. The lowest BCUT2D eigenvalue weighted by Gasteiger charge is -2.24. The van der Waals surface area contributed by atoms with E-state index < -0.39 is 10.0 Å². The average molecular weight is 354 g/mol. The van der Waals surface area contributed by atoms with Crippen LogP contribution >= 0.6 is 11.3 Å². The summed E-state index contributed by atoms with van der Waals surface area (Å²) >= 11 is 1.60. The maximum absolute atomic E-state index is 12.5. The van der Waals surface area contributed by atoms with Crippen LogP contribution < -0.4 is 9.46 Å². The molecule has 0 saturated carbocycles. The molecule has 1 unspecified atom stereocenters. The predicted molar refractivity (Wildman–Crippen MR) is 93.7 cm³/mol. The van der Waals surface area contributed by atoms with E-state index in [4.69, 9.17) is 4.74 Å². The topological polar surface area (TPSA) is 58.6 Å². The van der Waals surface area contributed by atoms with Crippen LogP contribution in [0.15, 0.2) is 39.9 Å². The van der Waals surface area contributed by atoms with E-state index >= 15 is 0 Å². The average Bonchev–Trinajstić information content (AvgIpc) is 3.01. The maximum atomic E-state index is 12.5. The summed E-state index contributed by atoms with van der Waals surface area (Å²) in [5, 5.41) is 4.03. The molecule has 1 aromatic heterocycles. The molecular formula is C16H22N2O3S2. The molecule has 0 spiro atoms. The van der Waals surface area contributed by atoms with Crippen molar-refractivity contribution in [3.63, 3.8) is 0 Å². The Labute approximate surface area is 142 Å². The molecule has 1 heterocycles. The van der Waals surface area contributed by atoms with Crippen molar-refractivity contribution < 1.29 is 13.2 Å². The molecular weight excluding hydrogens is 332 g/mol. The van der Waals surface area contributed by atoms with Gasteiger partial charge in [0.15, 0.2) is 0 Å². The zero-order chi connectivity index (χ0) is 17.0. The molecule has 7 heteroatoms. The third-order valence-corrected chi connectivity index (χ3v) is 5.82. The van der Waals surface area contributed by atoms with Gasteiger partial charge in [0.2, 0.25) is 10.0 Å². The van der Waals surface area contributed by atoms with Gasteiger partial charge in [0, 0.05) is 12.6 Å². The van der Waals surface area contributed by atoms with Crippen LogP contribution in [-0.4, -0.2) is 41.1 Å². The molecule has 0 fully saturated rings. The summed E-state index contributed by atoms with van der Waals surface area (Å²) in [6.07, 6.45) is 0. The standard InChI is InChI=1S/C16H22N2O3S2/c1-12-9-14(5-6-16(12)21-4)23(19,20)17-10-15(18(2)3)13-7-8-22-11-13/h5-9,11,15,17H,10H2,1-4H3. The third kappa shape index (κ3) is 4.32. The molecule has 5 nitrogen and oxygen atoms in total. The fourth-order valence-electron chi connectivity index (χ4n) is 2.35. The Morgan fingerprint density at radius 2 is 2.04 bits per heavy atom. The van der Waals surface area contributed by atoms with E-state index in [0.717, 1.165) is 11.1 Å². The first-order valence-corrected chi connectivity index (χ1v) is 9.60. The minimum atomic E-state index is -3.56. The van der Waals surface area contributed by atoms with Gasteiger partial charge in [-0.05, 0) is 67.2 Å². The molecule has 0 amide bonds. The van der Waals surface area contributed by atoms with E-state index in [-0.39, 0.29) is 10.9 Å². The Morgan fingerprint density at radius 1 is 1.30 bits per heavy atom. The lowest BCUT2D eigenvalue weighted by Crippen LogP contribution is -2.34. The summed E-state index contributed by atoms with van der Waals surface area (Å²) in [6.45, 7) is 2.14. The van der Waals surface area contributed by atoms with Gasteiger partial charge in [0.1, 0.15) is 5.75 Å². The van der Waals surface area contributed by atoms with Crippen LogP contribution in [-0.2, 0) is 10.0 Å². The molecule has 1 aromatic carbocycles. The zero-order valence-electron chi connectivity index (χ0n) is 13.7. The van der Waals surface area contributed by atoms with Gasteiger partial charge in [-0.1, -0.05) is 0 Å². The highest BCUT2D eigenvalue weighted by Crippen LogP contribution is 2.23. The predicted octanol–water partition coefficient (Wildman–Crippen LogP) is 2.65. The number of benzene rings is 1. The number of rotatable bonds is 7. The summed E-state index contributed by atoms with van der Waals surface area (Å²) in [5.41, 5.74) is 1.89. The van der Waals surface area contributed by atoms with Crippen molar-refractivity contribution in [1.29, 1.82) is 0 Å². The third-order valence-electron chi connectivity index (χ3n) is 3.69. The van der Waals surface area contributed by atoms with Crippen molar-refractivity contribution in [2.24, 2.45) is 0 Å². The minimum absolute atomic E-state index is 0.00429. The summed E-state index contributed by atoms with van der Waals surface area (Å²) < 4.78 is 32.9. The number of nitrogens with one attached hydrogen (secondary N) is 1. The van der Waals surface area contributed by atoms with Crippen LogP contribution in [0.1, 0.15) is 17.2 Å². The van der Waals surface area contributed by atoms with Crippen LogP contribution in [0, 0.1) is 6.92 Å². The molecule has 126 valence electrons. The van der Waals surface area contributed by atoms with E-state index in [0.29, 0.717) is 12.3 Å². The van der Waals surface area contributed by atoms with Crippen LogP contribution in [0.4, 0.5) is 0 Å². The van der Waals surface area contributed by atoms with E-state index in [9.17, 15) is 8.42 Å². The van der Waals surface area contributed by atoms with Gasteiger partial charge in [-0.25, -0.2) is 13.1 Å². The molecule has 0 radical (unpaired) electrons. The van der Waals surface area contributed by atoms with Gasteiger partial charge in [0.05, 0.1) is 12.0 Å². The number of hydrogen-bond donors (Lipinski definition) is 1. The monoisotopic (exact) mass is 354 g/mol.